The Hall–Kier alpha value is -2.15. The molecule has 2 aromatic heterocycles. The van der Waals surface area contributed by atoms with Crippen LogP contribution < -0.4 is 5.32 Å². The van der Waals surface area contributed by atoms with E-state index in [2.05, 4.69) is 10.3 Å². The first kappa shape index (κ1) is 13.8. The summed E-state index contributed by atoms with van der Waals surface area (Å²) in [5.41, 5.74) is 2.46. The molecular weight excluding hydrogens is 290 g/mol. The van der Waals surface area contributed by atoms with Gasteiger partial charge < -0.3 is 9.88 Å². The Morgan fingerprint density at radius 1 is 1.38 bits per heavy atom. The largest absolute Gasteiger partial charge is 0.326 e. The van der Waals surface area contributed by atoms with Crippen molar-refractivity contribution in [3.63, 3.8) is 0 Å². The highest BCUT2D eigenvalue weighted by Crippen LogP contribution is 2.35. The first-order chi connectivity index (χ1) is 9.90. The summed E-state index contributed by atoms with van der Waals surface area (Å²) in [6, 6.07) is 3.73. The van der Waals surface area contributed by atoms with Crippen LogP contribution >= 0.6 is 0 Å². The van der Waals surface area contributed by atoms with E-state index in [9.17, 15) is 13.2 Å². The summed E-state index contributed by atoms with van der Waals surface area (Å²) in [5, 5.41) is 2.69. The van der Waals surface area contributed by atoms with Crippen LogP contribution in [-0.4, -0.2) is 29.6 Å². The summed E-state index contributed by atoms with van der Waals surface area (Å²) < 4.78 is 26.3. The number of sulfone groups is 1. The van der Waals surface area contributed by atoms with Gasteiger partial charge in [-0.2, -0.15) is 0 Å². The Balaban J connectivity index is 2.17. The van der Waals surface area contributed by atoms with Gasteiger partial charge in [0.25, 0.3) is 0 Å². The summed E-state index contributed by atoms with van der Waals surface area (Å²) in [6.07, 6.45) is 3.40. The molecule has 0 radical (unpaired) electrons. The molecular formula is C14H15N3O3S. The number of nitrogens with zero attached hydrogens (tertiary/aromatic N) is 2. The first-order valence-corrected chi connectivity index (χ1v) is 8.16. The molecule has 1 N–H and O–H groups in total. The normalized spacial score (nSPS) is 16.4. The molecule has 0 fully saturated rings. The van der Waals surface area contributed by atoms with Crippen LogP contribution in [0.5, 0.6) is 0 Å². The van der Waals surface area contributed by atoms with Crippen LogP contribution in [0.3, 0.4) is 0 Å². The highest BCUT2D eigenvalue weighted by atomic mass is 32.2. The van der Waals surface area contributed by atoms with Gasteiger partial charge in [0.15, 0.2) is 9.84 Å². The highest BCUT2D eigenvalue weighted by molar-refractivity contribution is 7.92. The third kappa shape index (κ3) is 2.23. The van der Waals surface area contributed by atoms with Gasteiger partial charge in [-0.15, -0.1) is 0 Å². The third-order valence-corrected chi connectivity index (χ3v) is 5.49. The number of nitrogens with one attached hydrogen (secondary N) is 1. The number of pyridine rings is 1. The number of hydrogen-bond acceptors (Lipinski definition) is 4. The van der Waals surface area contributed by atoms with Crippen molar-refractivity contribution in [3.8, 4) is 0 Å². The van der Waals surface area contributed by atoms with Crippen molar-refractivity contribution >= 4 is 21.6 Å². The van der Waals surface area contributed by atoms with Crippen molar-refractivity contribution < 1.29 is 13.2 Å². The van der Waals surface area contributed by atoms with Crippen LogP contribution in [0.1, 0.15) is 16.8 Å². The Morgan fingerprint density at radius 2 is 2.14 bits per heavy atom. The molecule has 0 aliphatic carbocycles. The molecule has 6 nitrogen and oxygen atoms in total. The van der Waals surface area contributed by atoms with E-state index in [0.717, 1.165) is 11.3 Å². The second kappa shape index (κ2) is 4.70. The second-order valence-corrected chi connectivity index (χ2v) is 7.07. The molecule has 3 heterocycles. The van der Waals surface area contributed by atoms with Crippen molar-refractivity contribution in [1.29, 1.82) is 0 Å². The number of amides is 1. The van der Waals surface area contributed by atoms with E-state index in [0.29, 0.717) is 17.9 Å². The monoisotopic (exact) mass is 305 g/mol. The number of anilines is 1. The maximum Gasteiger partial charge on any atom is 0.241 e. The van der Waals surface area contributed by atoms with E-state index in [1.165, 1.54) is 0 Å². The summed E-state index contributed by atoms with van der Waals surface area (Å²) in [5.74, 6) is -0.616. The smallest absolute Gasteiger partial charge is 0.241 e. The van der Waals surface area contributed by atoms with Gasteiger partial charge in [0.1, 0.15) is 16.5 Å². The van der Waals surface area contributed by atoms with Gasteiger partial charge in [-0.3, -0.25) is 9.78 Å². The van der Waals surface area contributed by atoms with Gasteiger partial charge in [0.05, 0.1) is 6.54 Å². The Labute approximate surface area is 122 Å². The molecule has 2 aromatic rings. The predicted molar refractivity (Wildman–Crippen MR) is 77.9 cm³/mol. The van der Waals surface area contributed by atoms with Crippen molar-refractivity contribution in [2.24, 2.45) is 0 Å². The minimum Gasteiger partial charge on any atom is -0.326 e. The van der Waals surface area contributed by atoms with Crippen LogP contribution in [0.25, 0.3) is 0 Å². The molecule has 0 bridgehead atoms. The lowest BCUT2D eigenvalue weighted by atomic mass is 10.2. The molecule has 0 spiro atoms. The predicted octanol–water partition coefficient (Wildman–Crippen LogP) is 1.27. The molecule has 110 valence electrons. The van der Waals surface area contributed by atoms with Crippen LogP contribution in [0.15, 0.2) is 29.4 Å². The molecule has 1 aliphatic rings. The van der Waals surface area contributed by atoms with E-state index in [-0.39, 0.29) is 4.90 Å². The zero-order valence-corrected chi connectivity index (χ0v) is 12.6. The van der Waals surface area contributed by atoms with Gasteiger partial charge in [-0.1, -0.05) is 6.07 Å². The number of hydrogen-bond donors (Lipinski definition) is 1. The summed E-state index contributed by atoms with van der Waals surface area (Å²) in [6.45, 7) is 4.08. The maximum atomic E-state index is 12.2. The molecule has 7 heteroatoms. The minimum absolute atomic E-state index is 0.239. The Kier molecular flexibility index (Phi) is 3.09. The molecule has 0 atom stereocenters. The Bertz CT molecular complexity index is 823. The number of carbonyl (C=O) groups is 1. The number of aromatic nitrogens is 2. The average Bonchev–Trinajstić information content (AvgIpc) is 2.64. The minimum atomic E-state index is -3.56. The third-order valence-electron chi connectivity index (χ3n) is 3.73. The highest BCUT2D eigenvalue weighted by Gasteiger charge is 2.35. The molecule has 0 unspecified atom stereocenters. The molecule has 1 aliphatic heterocycles. The van der Waals surface area contributed by atoms with Crippen LogP contribution in [-0.2, 0) is 21.2 Å². The lowest BCUT2D eigenvalue weighted by Crippen LogP contribution is -2.30. The molecule has 3 rings (SSSR count). The standard InChI is InChI=1S/C14H15N3O3S/c1-9-10(2)17(7-11-4-3-5-15-6-11)14-13(9)21(19,20)8-12(18)16-14/h3-6H,7-8H2,1-2H3,(H,16,18). The maximum absolute atomic E-state index is 12.2. The molecule has 1 amide bonds. The van der Waals surface area contributed by atoms with E-state index in [1.807, 2.05) is 23.6 Å². The molecule has 0 saturated heterocycles. The van der Waals surface area contributed by atoms with E-state index < -0.39 is 21.5 Å². The number of carbonyl (C=O) groups excluding carboxylic acids is 1. The van der Waals surface area contributed by atoms with Gasteiger partial charge >= 0.3 is 0 Å². The van der Waals surface area contributed by atoms with Crippen molar-refractivity contribution in [2.45, 2.75) is 25.3 Å². The van der Waals surface area contributed by atoms with Crippen LogP contribution in [0, 0.1) is 13.8 Å². The number of rotatable bonds is 2. The van der Waals surface area contributed by atoms with Crippen molar-refractivity contribution in [3.05, 3.63) is 41.3 Å². The zero-order valence-electron chi connectivity index (χ0n) is 11.8. The fourth-order valence-electron chi connectivity index (χ4n) is 2.62. The van der Waals surface area contributed by atoms with Crippen molar-refractivity contribution in [2.75, 3.05) is 11.1 Å². The van der Waals surface area contributed by atoms with Gasteiger partial charge in [0, 0.05) is 18.1 Å². The van der Waals surface area contributed by atoms with Gasteiger partial charge in [0.2, 0.25) is 5.91 Å². The van der Waals surface area contributed by atoms with Crippen LogP contribution in [0.4, 0.5) is 5.82 Å². The fourth-order valence-corrected chi connectivity index (χ4v) is 4.26. The van der Waals surface area contributed by atoms with Gasteiger partial charge in [-0.25, -0.2) is 8.42 Å². The Morgan fingerprint density at radius 3 is 2.81 bits per heavy atom. The van der Waals surface area contributed by atoms with E-state index in [4.69, 9.17) is 0 Å². The van der Waals surface area contributed by atoms with Crippen molar-refractivity contribution in [1.82, 2.24) is 9.55 Å². The first-order valence-electron chi connectivity index (χ1n) is 6.51. The quantitative estimate of drug-likeness (QED) is 0.906. The lowest BCUT2D eigenvalue weighted by molar-refractivity contribution is -0.114. The summed E-state index contributed by atoms with van der Waals surface area (Å²) in [4.78, 5) is 15.9. The summed E-state index contributed by atoms with van der Waals surface area (Å²) in [7, 11) is -3.56. The second-order valence-electron chi connectivity index (χ2n) is 5.14. The lowest BCUT2D eigenvalue weighted by Gasteiger charge is -2.17. The average molecular weight is 305 g/mol. The molecule has 0 saturated carbocycles. The topological polar surface area (TPSA) is 81.1 Å². The van der Waals surface area contributed by atoms with E-state index >= 15 is 0 Å². The molecule has 0 aromatic carbocycles. The zero-order chi connectivity index (χ0) is 15.2. The number of fused-ring (bicyclic) bond motifs is 1. The fraction of sp³-hybridized carbons (Fsp3) is 0.286. The molecule has 21 heavy (non-hydrogen) atoms. The SMILES string of the molecule is Cc1c2c(n(Cc3cccnc3)c1C)NC(=O)CS2(=O)=O. The van der Waals surface area contributed by atoms with Crippen LogP contribution in [0.2, 0.25) is 0 Å². The summed E-state index contributed by atoms with van der Waals surface area (Å²) >= 11 is 0. The van der Waals surface area contributed by atoms with E-state index in [1.54, 1.807) is 19.3 Å². The van der Waals surface area contributed by atoms with Gasteiger partial charge in [-0.05, 0) is 31.0 Å².